The number of imidazole rings is 1. The Bertz CT molecular complexity index is 804. The molecule has 118 valence electrons. The summed E-state index contributed by atoms with van der Waals surface area (Å²) in [5.74, 6) is 0. The van der Waals surface area contributed by atoms with Crippen LogP contribution in [0, 0.1) is 11.3 Å². The fourth-order valence-corrected chi connectivity index (χ4v) is 3.79. The largest absolute Gasteiger partial charge is 0.415 e. The van der Waals surface area contributed by atoms with Gasteiger partial charge in [0.15, 0.2) is 0 Å². The van der Waals surface area contributed by atoms with Gasteiger partial charge in [-0.3, -0.25) is 0 Å². The van der Waals surface area contributed by atoms with E-state index in [-0.39, 0.29) is 6.03 Å². The first-order valence-corrected chi connectivity index (χ1v) is 8.48. The van der Waals surface area contributed by atoms with E-state index in [4.69, 9.17) is 11.6 Å². The summed E-state index contributed by atoms with van der Waals surface area (Å²) in [5, 5.41) is 9.47. The van der Waals surface area contributed by atoms with Crippen LogP contribution in [0.15, 0.2) is 36.4 Å². The molecule has 3 rings (SSSR count). The molecule has 1 aliphatic rings. The summed E-state index contributed by atoms with van der Waals surface area (Å²) in [5.41, 5.74) is 1.81. The second kappa shape index (κ2) is 6.57. The highest BCUT2D eigenvalue weighted by atomic mass is 35.5. The Labute approximate surface area is 143 Å². The van der Waals surface area contributed by atoms with E-state index in [0.717, 1.165) is 23.3 Å². The van der Waals surface area contributed by atoms with Crippen LogP contribution >= 0.6 is 22.9 Å². The number of aryl methyl sites for hydroxylation is 1. The Kier molecular flexibility index (Phi) is 4.51. The van der Waals surface area contributed by atoms with Crippen LogP contribution in [0.2, 0.25) is 4.34 Å². The van der Waals surface area contributed by atoms with E-state index in [9.17, 15) is 10.1 Å². The maximum Gasteiger partial charge on any atom is 0.415 e. The quantitative estimate of drug-likeness (QED) is 0.588. The van der Waals surface area contributed by atoms with Crippen molar-refractivity contribution in [1.82, 2.24) is 9.47 Å². The molecule has 0 spiro atoms. The number of carbonyl (C=O) groups is 1. The van der Waals surface area contributed by atoms with Gasteiger partial charge >= 0.3 is 6.03 Å². The van der Waals surface area contributed by atoms with Gasteiger partial charge in [0.2, 0.25) is 0 Å². The van der Waals surface area contributed by atoms with E-state index in [1.54, 1.807) is 17.1 Å². The van der Waals surface area contributed by atoms with Crippen molar-refractivity contribution in [2.75, 3.05) is 13.1 Å². The number of hydrogen-bond acceptors (Lipinski definition) is 3. The van der Waals surface area contributed by atoms with Gasteiger partial charge in [-0.2, -0.15) is 9.83 Å². The fourth-order valence-electron chi connectivity index (χ4n) is 2.70. The Morgan fingerprint density at radius 1 is 1.39 bits per heavy atom. The van der Waals surface area contributed by atoms with Crippen molar-refractivity contribution in [3.63, 3.8) is 0 Å². The number of rotatable bonds is 1. The highest BCUT2D eigenvalue weighted by Gasteiger charge is 2.25. The summed E-state index contributed by atoms with van der Waals surface area (Å²) in [4.78, 5) is 15.1. The number of nitriles is 1. The summed E-state index contributed by atoms with van der Waals surface area (Å²) >= 11 is 7.38. The SMILES string of the molecule is C[n+]1ccn(C(=O)N2CCC(=C(C#N)c3ccc(Cl)s3)CC2)c1. The van der Waals surface area contributed by atoms with Crippen LogP contribution in [-0.2, 0) is 7.05 Å². The smallest absolute Gasteiger partial charge is 0.304 e. The molecule has 1 saturated heterocycles. The normalized spacial score (nSPS) is 14.7. The van der Waals surface area contributed by atoms with Crippen LogP contribution < -0.4 is 4.57 Å². The zero-order valence-electron chi connectivity index (χ0n) is 12.7. The Morgan fingerprint density at radius 3 is 2.65 bits per heavy atom. The average molecular weight is 348 g/mol. The minimum Gasteiger partial charge on any atom is -0.304 e. The molecule has 0 aromatic carbocycles. The summed E-state index contributed by atoms with van der Waals surface area (Å²) in [6.45, 7) is 1.25. The highest BCUT2D eigenvalue weighted by Crippen LogP contribution is 2.32. The number of hydrogen-bond donors (Lipinski definition) is 0. The maximum absolute atomic E-state index is 12.4. The lowest BCUT2D eigenvalue weighted by Gasteiger charge is -2.26. The first kappa shape index (κ1) is 15.8. The number of amides is 1. The minimum absolute atomic E-state index is 0.0256. The third-order valence-corrected chi connectivity index (χ3v) is 5.16. The van der Waals surface area contributed by atoms with Crippen molar-refractivity contribution in [2.45, 2.75) is 12.8 Å². The Hall–Kier alpha value is -2.10. The molecule has 0 radical (unpaired) electrons. The lowest BCUT2D eigenvalue weighted by atomic mass is 9.98. The summed E-state index contributed by atoms with van der Waals surface area (Å²) < 4.78 is 4.10. The average Bonchev–Trinajstić information content (AvgIpc) is 3.17. The molecule has 0 atom stereocenters. The zero-order chi connectivity index (χ0) is 16.4. The molecular formula is C16H16ClN4OS+. The predicted octanol–water partition coefficient (Wildman–Crippen LogP) is 3.07. The summed E-state index contributed by atoms with van der Waals surface area (Å²) in [6.07, 6.45) is 6.78. The van der Waals surface area contributed by atoms with E-state index < -0.39 is 0 Å². The molecule has 1 amide bonds. The number of thiophene rings is 1. The van der Waals surface area contributed by atoms with Crippen LogP contribution in [0.25, 0.3) is 5.57 Å². The molecule has 0 unspecified atom stereocenters. The van der Waals surface area contributed by atoms with Gasteiger partial charge in [-0.05, 0) is 30.5 Å². The van der Waals surface area contributed by atoms with E-state index in [1.807, 2.05) is 34.8 Å². The maximum atomic E-state index is 12.4. The zero-order valence-corrected chi connectivity index (χ0v) is 14.3. The van der Waals surface area contributed by atoms with Gasteiger partial charge in [-0.25, -0.2) is 9.36 Å². The van der Waals surface area contributed by atoms with Crippen molar-refractivity contribution < 1.29 is 9.36 Å². The third-order valence-electron chi connectivity index (χ3n) is 3.91. The molecule has 0 aliphatic carbocycles. The van der Waals surface area contributed by atoms with Crippen LogP contribution in [0.3, 0.4) is 0 Å². The lowest BCUT2D eigenvalue weighted by molar-refractivity contribution is -0.670. The van der Waals surface area contributed by atoms with Gasteiger partial charge in [-0.1, -0.05) is 11.6 Å². The molecule has 0 bridgehead atoms. The van der Waals surface area contributed by atoms with Gasteiger partial charge in [0.05, 0.1) is 17.0 Å². The first-order valence-electron chi connectivity index (χ1n) is 7.29. The number of nitrogens with zero attached hydrogens (tertiary/aromatic N) is 4. The van der Waals surface area contributed by atoms with Gasteiger partial charge in [0.1, 0.15) is 18.5 Å². The number of piperidine rings is 1. The second-order valence-corrected chi connectivity index (χ2v) is 7.17. The molecule has 3 heterocycles. The minimum atomic E-state index is -0.0256. The van der Waals surface area contributed by atoms with Crippen LogP contribution in [0.5, 0.6) is 0 Å². The molecular weight excluding hydrogens is 332 g/mol. The molecule has 0 saturated carbocycles. The number of carbonyl (C=O) groups excluding carboxylic acids is 1. The number of aromatic nitrogens is 2. The second-order valence-electron chi connectivity index (χ2n) is 5.45. The monoisotopic (exact) mass is 347 g/mol. The van der Waals surface area contributed by atoms with E-state index in [2.05, 4.69) is 6.07 Å². The number of likely N-dealkylation sites (tertiary alicyclic amines) is 1. The van der Waals surface area contributed by atoms with Crippen molar-refractivity contribution >= 4 is 34.5 Å². The first-order chi connectivity index (χ1) is 11.1. The predicted molar refractivity (Wildman–Crippen MR) is 89.1 cm³/mol. The fraction of sp³-hybridized carbons (Fsp3) is 0.312. The van der Waals surface area contributed by atoms with Gasteiger partial charge in [-0.15, -0.1) is 11.3 Å². The van der Waals surface area contributed by atoms with E-state index >= 15 is 0 Å². The molecule has 1 fully saturated rings. The molecule has 5 nitrogen and oxygen atoms in total. The van der Waals surface area contributed by atoms with Crippen molar-refractivity contribution in [3.8, 4) is 6.07 Å². The van der Waals surface area contributed by atoms with Crippen molar-refractivity contribution in [1.29, 1.82) is 5.26 Å². The lowest BCUT2D eigenvalue weighted by Crippen LogP contribution is -2.39. The Morgan fingerprint density at radius 2 is 2.13 bits per heavy atom. The number of allylic oxidation sites excluding steroid dienone is 1. The standard InChI is InChI=1S/C16H16ClN4OS/c1-19-8-9-21(11-19)16(22)20-6-4-12(5-7-20)13(10-18)14-2-3-15(17)23-14/h2-3,8-9,11H,4-7H2,1H3/q+1. The molecule has 2 aromatic rings. The third kappa shape index (κ3) is 3.31. The van der Waals surface area contributed by atoms with Gasteiger partial charge < -0.3 is 4.90 Å². The summed E-state index contributed by atoms with van der Waals surface area (Å²) in [6, 6.07) is 5.97. The Balaban J connectivity index is 1.73. The van der Waals surface area contributed by atoms with Gasteiger partial charge in [0, 0.05) is 18.0 Å². The summed E-state index contributed by atoms with van der Waals surface area (Å²) in [7, 11) is 1.88. The molecule has 2 aromatic heterocycles. The van der Waals surface area contributed by atoms with Crippen LogP contribution in [-0.4, -0.2) is 28.6 Å². The molecule has 1 aliphatic heterocycles. The van der Waals surface area contributed by atoms with Crippen molar-refractivity contribution in [3.05, 3.63) is 45.6 Å². The molecule has 23 heavy (non-hydrogen) atoms. The topological polar surface area (TPSA) is 52.9 Å². The van der Waals surface area contributed by atoms with Crippen LogP contribution in [0.1, 0.15) is 17.7 Å². The highest BCUT2D eigenvalue weighted by molar-refractivity contribution is 7.17. The van der Waals surface area contributed by atoms with E-state index in [1.165, 1.54) is 11.3 Å². The molecule has 7 heteroatoms. The van der Waals surface area contributed by atoms with Crippen LogP contribution in [0.4, 0.5) is 4.79 Å². The van der Waals surface area contributed by atoms with Crippen molar-refractivity contribution in [2.24, 2.45) is 7.05 Å². The van der Waals surface area contributed by atoms with E-state index in [0.29, 0.717) is 23.0 Å². The molecule has 0 N–H and O–H groups in total. The number of halogens is 1. The van der Waals surface area contributed by atoms with Gasteiger partial charge in [0.25, 0.3) is 6.33 Å².